The summed E-state index contributed by atoms with van der Waals surface area (Å²) in [7, 11) is 0. The third-order valence-corrected chi connectivity index (χ3v) is 4.71. The molecule has 1 aliphatic carbocycles. The standard InChI is InChI=1S/C11H12BrN3OS/c12-10-4-7-8(2-1-3-9(7)17-10)13-5-11-14-6-16-15-11/h4,6,8,13H,1-3,5H2. The van der Waals surface area contributed by atoms with Crippen molar-refractivity contribution in [3.8, 4) is 0 Å². The summed E-state index contributed by atoms with van der Waals surface area (Å²) >= 11 is 5.40. The van der Waals surface area contributed by atoms with E-state index >= 15 is 0 Å². The highest BCUT2D eigenvalue weighted by Crippen LogP contribution is 2.37. The molecule has 0 saturated carbocycles. The highest BCUT2D eigenvalue weighted by Gasteiger charge is 2.22. The van der Waals surface area contributed by atoms with Crippen molar-refractivity contribution >= 4 is 27.3 Å². The van der Waals surface area contributed by atoms with Gasteiger partial charge < -0.3 is 9.84 Å². The highest BCUT2D eigenvalue weighted by molar-refractivity contribution is 9.11. The van der Waals surface area contributed by atoms with Gasteiger partial charge in [-0.05, 0) is 46.8 Å². The predicted octanol–water partition coefficient (Wildman–Crippen LogP) is 3.06. The molecule has 1 N–H and O–H groups in total. The van der Waals surface area contributed by atoms with Gasteiger partial charge in [-0.15, -0.1) is 11.3 Å². The molecule has 17 heavy (non-hydrogen) atoms. The van der Waals surface area contributed by atoms with Crippen LogP contribution in [0.1, 0.15) is 35.1 Å². The number of nitrogens with zero attached hydrogens (tertiary/aromatic N) is 2. The van der Waals surface area contributed by atoms with Crippen molar-refractivity contribution in [2.24, 2.45) is 0 Å². The molecule has 0 amide bonds. The van der Waals surface area contributed by atoms with Gasteiger partial charge in [-0.25, -0.2) is 0 Å². The number of hydrogen-bond donors (Lipinski definition) is 1. The van der Waals surface area contributed by atoms with Gasteiger partial charge >= 0.3 is 0 Å². The van der Waals surface area contributed by atoms with Gasteiger partial charge in [-0.2, -0.15) is 4.98 Å². The lowest BCUT2D eigenvalue weighted by Crippen LogP contribution is -2.24. The number of thiophene rings is 1. The van der Waals surface area contributed by atoms with Crippen molar-refractivity contribution in [3.05, 3.63) is 32.5 Å². The number of hydrogen-bond acceptors (Lipinski definition) is 5. The van der Waals surface area contributed by atoms with E-state index in [-0.39, 0.29) is 0 Å². The SMILES string of the molecule is Brc1cc2c(s1)CCCC2NCc1ncon1. The maximum absolute atomic E-state index is 4.72. The first kappa shape index (κ1) is 11.4. The second kappa shape index (κ2) is 4.88. The summed E-state index contributed by atoms with van der Waals surface area (Å²) in [6, 6.07) is 2.65. The van der Waals surface area contributed by atoms with Crippen LogP contribution in [-0.4, -0.2) is 10.1 Å². The van der Waals surface area contributed by atoms with E-state index in [9.17, 15) is 0 Å². The summed E-state index contributed by atoms with van der Waals surface area (Å²) in [5.74, 6) is 0.714. The van der Waals surface area contributed by atoms with E-state index < -0.39 is 0 Å². The second-order valence-electron chi connectivity index (χ2n) is 4.10. The third-order valence-electron chi connectivity index (χ3n) is 3.00. The zero-order valence-electron chi connectivity index (χ0n) is 9.15. The molecule has 90 valence electrons. The fourth-order valence-electron chi connectivity index (χ4n) is 2.22. The molecule has 2 aromatic heterocycles. The average molecular weight is 314 g/mol. The molecule has 1 atom stereocenters. The van der Waals surface area contributed by atoms with Crippen LogP contribution in [-0.2, 0) is 13.0 Å². The van der Waals surface area contributed by atoms with Crippen LogP contribution in [0.5, 0.6) is 0 Å². The van der Waals surface area contributed by atoms with Gasteiger partial charge in [0.05, 0.1) is 10.3 Å². The smallest absolute Gasteiger partial charge is 0.213 e. The van der Waals surface area contributed by atoms with Crippen LogP contribution in [0.4, 0.5) is 0 Å². The Balaban J connectivity index is 1.72. The van der Waals surface area contributed by atoms with Gasteiger partial charge in [0.2, 0.25) is 6.39 Å². The molecule has 1 unspecified atom stereocenters. The summed E-state index contributed by atoms with van der Waals surface area (Å²) in [5, 5.41) is 7.30. The molecule has 0 bridgehead atoms. The molecule has 0 aliphatic heterocycles. The summed E-state index contributed by atoms with van der Waals surface area (Å²) in [6.07, 6.45) is 4.98. The molecule has 0 radical (unpaired) electrons. The van der Waals surface area contributed by atoms with Gasteiger partial charge in [0.15, 0.2) is 5.82 Å². The van der Waals surface area contributed by atoms with Crippen molar-refractivity contribution in [2.45, 2.75) is 31.8 Å². The lowest BCUT2D eigenvalue weighted by atomic mass is 9.94. The van der Waals surface area contributed by atoms with E-state index in [1.165, 1.54) is 39.9 Å². The molecule has 1 aliphatic rings. The number of aryl methyl sites for hydroxylation is 1. The minimum atomic E-state index is 0.416. The van der Waals surface area contributed by atoms with Crippen molar-refractivity contribution in [2.75, 3.05) is 0 Å². The van der Waals surface area contributed by atoms with E-state index in [2.05, 4.69) is 37.5 Å². The molecular weight excluding hydrogens is 302 g/mol. The quantitative estimate of drug-likeness (QED) is 0.946. The van der Waals surface area contributed by atoms with Gasteiger partial charge in [-0.3, -0.25) is 0 Å². The number of fused-ring (bicyclic) bond motifs is 1. The average Bonchev–Trinajstić information content (AvgIpc) is 2.93. The lowest BCUT2D eigenvalue weighted by molar-refractivity contribution is 0.399. The Hall–Kier alpha value is -0.720. The topological polar surface area (TPSA) is 51.0 Å². The maximum atomic E-state index is 4.72. The lowest BCUT2D eigenvalue weighted by Gasteiger charge is -2.23. The Morgan fingerprint density at radius 1 is 1.59 bits per heavy atom. The zero-order chi connectivity index (χ0) is 11.7. The Morgan fingerprint density at radius 3 is 3.35 bits per heavy atom. The maximum Gasteiger partial charge on any atom is 0.213 e. The zero-order valence-corrected chi connectivity index (χ0v) is 11.6. The molecular formula is C11H12BrN3OS. The molecule has 2 heterocycles. The molecule has 2 aromatic rings. The predicted molar refractivity (Wildman–Crippen MR) is 68.8 cm³/mol. The normalized spacial score (nSPS) is 19.2. The van der Waals surface area contributed by atoms with Gasteiger partial charge in [0, 0.05) is 10.9 Å². The monoisotopic (exact) mass is 313 g/mol. The van der Waals surface area contributed by atoms with Crippen LogP contribution in [0, 0.1) is 0 Å². The van der Waals surface area contributed by atoms with Crippen LogP contribution in [0.25, 0.3) is 0 Å². The van der Waals surface area contributed by atoms with Crippen LogP contribution >= 0.6 is 27.3 Å². The van der Waals surface area contributed by atoms with Gasteiger partial charge in [-0.1, -0.05) is 5.16 Å². The first-order valence-electron chi connectivity index (χ1n) is 5.59. The van der Waals surface area contributed by atoms with Crippen molar-refractivity contribution in [3.63, 3.8) is 0 Å². The van der Waals surface area contributed by atoms with Crippen LogP contribution < -0.4 is 5.32 Å². The van der Waals surface area contributed by atoms with Gasteiger partial charge in [0.25, 0.3) is 0 Å². The van der Waals surface area contributed by atoms with Crippen LogP contribution in [0.3, 0.4) is 0 Å². The van der Waals surface area contributed by atoms with Crippen molar-refractivity contribution in [1.82, 2.24) is 15.5 Å². The largest absolute Gasteiger partial charge is 0.343 e. The minimum absolute atomic E-state index is 0.416. The first-order chi connectivity index (χ1) is 8.33. The number of rotatable bonds is 3. The molecule has 0 spiro atoms. The van der Waals surface area contributed by atoms with E-state index in [1.807, 2.05) is 11.3 Å². The Labute approximate surface area is 112 Å². The fraction of sp³-hybridized carbons (Fsp3) is 0.455. The van der Waals surface area contributed by atoms with Crippen molar-refractivity contribution < 1.29 is 4.52 Å². The van der Waals surface area contributed by atoms with Crippen molar-refractivity contribution in [1.29, 1.82) is 0 Å². The molecule has 3 rings (SSSR count). The van der Waals surface area contributed by atoms with E-state index in [0.29, 0.717) is 18.4 Å². The van der Waals surface area contributed by atoms with Crippen LogP contribution in [0.15, 0.2) is 20.8 Å². The van der Waals surface area contributed by atoms with E-state index in [1.54, 1.807) is 0 Å². The second-order valence-corrected chi connectivity index (χ2v) is 6.62. The van der Waals surface area contributed by atoms with Crippen LogP contribution in [0.2, 0.25) is 0 Å². The molecule has 4 nitrogen and oxygen atoms in total. The fourth-order valence-corrected chi connectivity index (χ4v) is 4.04. The summed E-state index contributed by atoms with van der Waals surface area (Å²) in [5.41, 5.74) is 1.43. The van der Waals surface area contributed by atoms with E-state index in [4.69, 9.17) is 4.52 Å². The Bertz CT molecular complexity index is 497. The first-order valence-corrected chi connectivity index (χ1v) is 7.20. The molecule has 6 heteroatoms. The Morgan fingerprint density at radius 2 is 2.53 bits per heavy atom. The summed E-state index contributed by atoms with van der Waals surface area (Å²) in [6.45, 7) is 0.661. The highest BCUT2D eigenvalue weighted by atomic mass is 79.9. The Kier molecular flexibility index (Phi) is 3.26. The summed E-state index contributed by atoms with van der Waals surface area (Å²) in [4.78, 5) is 5.51. The molecule has 0 fully saturated rings. The van der Waals surface area contributed by atoms with Gasteiger partial charge in [0.1, 0.15) is 0 Å². The summed E-state index contributed by atoms with van der Waals surface area (Å²) < 4.78 is 5.94. The molecule has 0 aromatic carbocycles. The third kappa shape index (κ3) is 2.43. The number of halogens is 1. The van der Waals surface area contributed by atoms with E-state index in [0.717, 1.165) is 0 Å². The molecule has 0 saturated heterocycles. The number of aromatic nitrogens is 2. The minimum Gasteiger partial charge on any atom is -0.343 e. The number of nitrogens with one attached hydrogen (secondary N) is 1.